The van der Waals surface area contributed by atoms with E-state index in [4.69, 9.17) is 0 Å². The van der Waals surface area contributed by atoms with Crippen molar-refractivity contribution in [2.75, 3.05) is 13.1 Å². The predicted octanol–water partition coefficient (Wildman–Crippen LogP) is 2.29. The summed E-state index contributed by atoms with van der Waals surface area (Å²) in [6.07, 6.45) is 2.12. The summed E-state index contributed by atoms with van der Waals surface area (Å²) in [4.78, 5) is 45.3. The van der Waals surface area contributed by atoms with Gasteiger partial charge in [0.25, 0.3) is 5.56 Å². The molecule has 2 aromatic heterocycles. The van der Waals surface area contributed by atoms with E-state index in [0.717, 1.165) is 30.6 Å². The Morgan fingerprint density at radius 2 is 2.20 bits per heavy atom. The molecule has 1 saturated heterocycles. The van der Waals surface area contributed by atoms with Crippen LogP contribution < -0.4 is 5.56 Å². The van der Waals surface area contributed by atoms with Crippen molar-refractivity contribution in [3.8, 4) is 0 Å². The summed E-state index contributed by atoms with van der Waals surface area (Å²) in [5.41, 5.74) is 1.49. The third kappa shape index (κ3) is 4.22. The molecule has 3 rings (SSSR count). The third-order valence-corrected chi connectivity index (χ3v) is 5.51. The van der Waals surface area contributed by atoms with Crippen LogP contribution in [-0.4, -0.2) is 39.6 Å². The van der Waals surface area contributed by atoms with Gasteiger partial charge in [-0.2, -0.15) is 0 Å². The maximum atomic E-state index is 12.6. The Hall–Kier alpha value is -2.28. The van der Waals surface area contributed by atoms with E-state index in [1.165, 1.54) is 24.3 Å². The van der Waals surface area contributed by atoms with Crippen molar-refractivity contribution in [2.24, 2.45) is 0 Å². The first-order valence-corrected chi connectivity index (χ1v) is 9.24. The van der Waals surface area contributed by atoms with Crippen molar-refractivity contribution < 1.29 is 9.59 Å². The number of carbonyl (C=O) groups is 2. The van der Waals surface area contributed by atoms with Gasteiger partial charge in [0.05, 0.1) is 17.0 Å². The van der Waals surface area contributed by atoms with Gasteiger partial charge in [0.2, 0.25) is 5.91 Å². The van der Waals surface area contributed by atoms with Gasteiger partial charge < -0.3 is 9.88 Å². The number of Topliss-reactive ketones (excluding diaryl/α,β-unsaturated/α-hetero) is 1. The normalized spacial score (nSPS) is 17.5. The number of aromatic amines is 1. The van der Waals surface area contributed by atoms with E-state index < -0.39 is 0 Å². The van der Waals surface area contributed by atoms with Crippen LogP contribution in [0.1, 0.15) is 52.4 Å². The third-order valence-electron chi connectivity index (χ3n) is 4.43. The average molecular weight is 359 g/mol. The summed E-state index contributed by atoms with van der Waals surface area (Å²) in [6.45, 7) is 4.60. The summed E-state index contributed by atoms with van der Waals surface area (Å²) < 4.78 is 0. The zero-order valence-corrected chi connectivity index (χ0v) is 15.2. The number of H-pyrrole nitrogens is 1. The molecule has 1 fully saturated rings. The Morgan fingerprint density at radius 3 is 2.88 bits per heavy atom. The Balaban J connectivity index is 1.68. The molecular weight excluding hydrogens is 338 g/mol. The number of nitrogens with zero attached hydrogens (tertiary/aromatic N) is 2. The molecule has 7 heteroatoms. The zero-order valence-electron chi connectivity index (χ0n) is 14.4. The standard InChI is InChI=1S/C18H21N3O3S/c1-11(22)16-6-13(10-25-16)7-18(24)21-5-3-4-14(9-21)15-8-17(23)20-12(2)19-15/h6,8,10,14H,3-5,7,9H2,1-2H3,(H,19,20,23)/t14-/m1/s1. The molecule has 0 unspecified atom stereocenters. The van der Waals surface area contributed by atoms with Crippen LogP contribution in [0.3, 0.4) is 0 Å². The summed E-state index contributed by atoms with van der Waals surface area (Å²) in [7, 11) is 0. The predicted molar refractivity (Wildman–Crippen MR) is 96.2 cm³/mol. The molecule has 1 atom stereocenters. The van der Waals surface area contributed by atoms with Crippen LogP contribution in [0.25, 0.3) is 0 Å². The highest BCUT2D eigenvalue weighted by Crippen LogP contribution is 2.26. The molecule has 2 aromatic rings. The molecule has 1 aliphatic rings. The maximum absolute atomic E-state index is 12.6. The van der Waals surface area contributed by atoms with Crippen LogP contribution in [0.15, 0.2) is 22.3 Å². The van der Waals surface area contributed by atoms with Gasteiger partial charge in [-0.25, -0.2) is 4.98 Å². The highest BCUT2D eigenvalue weighted by molar-refractivity contribution is 7.12. The van der Waals surface area contributed by atoms with E-state index in [0.29, 0.717) is 23.7 Å². The zero-order chi connectivity index (χ0) is 18.0. The Kier molecular flexibility index (Phi) is 5.13. The summed E-state index contributed by atoms with van der Waals surface area (Å²) >= 11 is 1.38. The van der Waals surface area contributed by atoms with Gasteiger partial charge in [0, 0.05) is 25.1 Å². The molecular formula is C18H21N3O3S. The molecule has 1 amide bonds. The largest absolute Gasteiger partial charge is 0.342 e. The van der Waals surface area contributed by atoms with Crippen molar-refractivity contribution in [1.82, 2.24) is 14.9 Å². The minimum Gasteiger partial charge on any atom is -0.342 e. The number of aromatic nitrogens is 2. The highest BCUT2D eigenvalue weighted by Gasteiger charge is 2.26. The molecule has 132 valence electrons. The number of ketones is 1. The van der Waals surface area contributed by atoms with Crippen LogP contribution in [-0.2, 0) is 11.2 Å². The molecule has 0 radical (unpaired) electrons. The minimum atomic E-state index is -0.152. The summed E-state index contributed by atoms with van der Waals surface area (Å²) in [5.74, 6) is 0.770. The Bertz CT molecular complexity index is 855. The second-order valence-corrected chi connectivity index (χ2v) is 7.40. The van der Waals surface area contributed by atoms with E-state index in [1.54, 1.807) is 13.0 Å². The van der Waals surface area contributed by atoms with E-state index >= 15 is 0 Å². The molecule has 0 spiro atoms. The lowest BCUT2D eigenvalue weighted by molar-refractivity contribution is -0.131. The molecule has 0 aliphatic carbocycles. The van der Waals surface area contributed by atoms with Gasteiger partial charge in [0.15, 0.2) is 5.78 Å². The number of amides is 1. The van der Waals surface area contributed by atoms with E-state index in [-0.39, 0.29) is 23.2 Å². The van der Waals surface area contributed by atoms with Crippen LogP contribution in [0.2, 0.25) is 0 Å². The molecule has 3 heterocycles. The van der Waals surface area contributed by atoms with Gasteiger partial charge in [-0.05, 0) is 43.7 Å². The number of carbonyl (C=O) groups excluding carboxylic acids is 2. The second-order valence-electron chi connectivity index (χ2n) is 6.49. The maximum Gasteiger partial charge on any atom is 0.251 e. The van der Waals surface area contributed by atoms with Crippen LogP contribution in [0.5, 0.6) is 0 Å². The molecule has 25 heavy (non-hydrogen) atoms. The van der Waals surface area contributed by atoms with Crippen molar-refractivity contribution in [3.63, 3.8) is 0 Å². The summed E-state index contributed by atoms with van der Waals surface area (Å²) in [5, 5.41) is 1.87. The number of rotatable bonds is 4. The smallest absolute Gasteiger partial charge is 0.251 e. The minimum absolute atomic E-state index is 0.0254. The van der Waals surface area contributed by atoms with Gasteiger partial charge in [-0.1, -0.05) is 0 Å². The van der Waals surface area contributed by atoms with Gasteiger partial charge in [-0.15, -0.1) is 11.3 Å². The topological polar surface area (TPSA) is 83.1 Å². The van der Waals surface area contributed by atoms with Gasteiger partial charge in [-0.3, -0.25) is 14.4 Å². The first kappa shape index (κ1) is 17.5. The SMILES string of the molecule is CC(=O)c1cc(CC(=O)N2CCC[C@@H](c3cc(=O)[nH]c(C)n3)C2)cs1. The number of hydrogen-bond donors (Lipinski definition) is 1. The lowest BCUT2D eigenvalue weighted by atomic mass is 9.94. The lowest BCUT2D eigenvalue weighted by Gasteiger charge is -2.32. The van der Waals surface area contributed by atoms with Crippen molar-refractivity contribution in [1.29, 1.82) is 0 Å². The average Bonchev–Trinajstić information content (AvgIpc) is 3.03. The molecule has 0 bridgehead atoms. The van der Waals surface area contributed by atoms with E-state index in [2.05, 4.69) is 9.97 Å². The number of aryl methyl sites for hydroxylation is 1. The van der Waals surface area contributed by atoms with E-state index in [9.17, 15) is 14.4 Å². The Labute approximate surface area is 149 Å². The van der Waals surface area contributed by atoms with Crippen molar-refractivity contribution in [2.45, 2.75) is 39.0 Å². The number of nitrogens with one attached hydrogen (secondary N) is 1. The van der Waals surface area contributed by atoms with Crippen molar-refractivity contribution >= 4 is 23.0 Å². The number of hydrogen-bond acceptors (Lipinski definition) is 5. The first-order valence-electron chi connectivity index (χ1n) is 8.36. The quantitative estimate of drug-likeness (QED) is 0.849. The number of thiophene rings is 1. The molecule has 0 saturated carbocycles. The van der Waals surface area contributed by atoms with Gasteiger partial charge in [0.1, 0.15) is 5.82 Å². The fourth-order valence-corrected chi connectivity index (χ4v) is 4.01. The highest BCUT2D eigenvalue weighted by atomic mass is 32.1. The van der Waals surface area contributed by atoms with Crippen LogP contribution in [0, 0.1) is 6.92 Å². The second kappa shape index (κ2) is 7.31. The molecule has 0 aromatic carbocycles. The lowest BCUT2D eigenvalue weighted by Crippen LogP contribution is -2.40. The van der Waals surface area contributed by atoms with Crippen molar-refractivity contribution in [3.05, 3.63) is 49.8 Å². The van der Waals surface area contributed by atoms with Crippen LogP contribution in [0.4, 0.5) is 0 Å². The number of likely N-dealkylation sites (tertiary alicyclic amines) is 1. The Morgan fingerprint density at radius 1 is 1.40 bits per heavy atom. The monoisotopic (exact) mass is 359 g/mol. The van der Waals surface area contributed by atoms with Gasteiger partial charge >= 0.3 is 0 Å². The molecule has 6 nitrogen and oxygen atoms in total. The molecule has 1 aliphatic heterocycles. The van der Waals surface area contributed by atoms with Crippen LogP contribution >= 0.6 is 11.3 Å². The fourth-order valence-electron chi connectivity index (χ4n) is 3.20. The molecule has 1 N–H and O–H groups in total. The fraction of sp³-hybridized carbons (Fsp3) is 0.444. The summed E-state index contributed by atoms with van der Waals surface area (Å²) in [6, 6.07) is 3.33. The number of piperidine rings is 1. The first-order chi connectivity index (χ1) is 11.9. The van der Waals surface area contributed by atoms with E-state index in [1.807, 2.05) is 10.3 Å².